The number of fused-ring (bicyclic) bond motifs is 1. The van der Waals surface area contributed by atoms with Crippen LogP contribution in [0.1, 0.15) is 18.5 Å². The second-order valence-corrected chi connectivity index (χ2v) is 8.27. The highest BCUT2D eigenvalue weighted by molar-refractivity contribution is 7.16. The molecule has 2 aromatic heterocycles. The van der Waals surface area contributed by atoms with Gasteiger partial charge in [0, 0.05) is 31.2 Å². The molecule has 4 rings (SSSR count). The van der Waals surface area contributed by atoms with Crippen LogP contribution in [-0.4, -0.2) is 53.5 Å². The van der Waals surface area contributed by atoms with Crippen molar-refractivity contribution >= 4 is 44.9 Å². The number of nitrogens with zero attached hydrogens (tertiary/aromatic N) is 4. The average Bonchev–Trinajstić information content (AvgIpc) is 3.18. The third kappa shape index (κ3) is 4.27. The van der Waals surface area contributed by atoms with E-state index in [-0.39, 0.29) is 11.9 Å². The van der Waals surface area contributed by atoms with Gasteiger partial charge in [-0.3, -0.25) is 9.69 Å². The molecule has 1 N–H and O–H groups in total. The van der Waals surface area contributed by atoms with Gasteiger partial charge in [0.05, 0.1) is 18.0 Å². The van der Waals surface area contributed by atoms with Gasteiger partial charge in [0.1, 0.15) is 17.0 Å². The van der Waals surface area contributed by atoms with Crippen LogP contribution >= 0.6 is 22.9 Å². The normalized spacial score (nSPS) is 16.3. The minimum Gasteiger partial charge on any atom is -0.353 e. The molecule has 0 radical (unpaired) electrons. The van der Waals surface area contributed by atoms with Gasteiger partial charge in [-0.25, -0.2) is 9.97 Å². The predicted octanol–water partition coefficient (Wildman–Crippen LogP) is 3.34. The van der Waals surface area contributed by atoms with E-state index in [1.54, 1.807) is 17.7 Å². The summed E-state index contributed by atoms with van der Waals surface area (Å²) in [5.74, 6) is 1.03. The molecule has 3 aromatic rings. The Bertz CT molecular complexity index is 953. The highest BCUT2D eigenvalue weighted by atomic mass is 35.5. The molecule has 1 saturated heterocycles. The van der Waals surface area contributed by atoms with Gasteiger partial charge in [-0.15, -0.1) is 11.3 Å². The summed E-state index contributed by atoms with van der Waals surface area (Å²) >= 11 is 7.56. The quantitative estimate of drug-likeness (QED) is 0.692. The second kappa shape index (κ2) is 8.43. The molecule has 0 aliphatic carbocycles. The maximum Gasteiger partial charge on any atom is 0.234 e. The molecule has 8 heteroatoms. The third-order valence-electron chi connectivity index (χ3n) is 5.03. The SMILES string of the molecule is CC(NC(=O)CN1CCN(c2ncnc3sccc23)CC1)c1ccc(Cl)cc1. The summed E-state index contributed by atoms with van der Waals surface area (Å²) in [4.78, 5) is 26.7. The van der Waals surface area contributed by atoms with Crippen LogP contribution in [0.25, 0.3) is 10.2 Å². The fourth-order valence-corrected chi connectivity index (χ4v) is 4.33. The highest BCUT2D eigenvalue weighted by Gasteiger charge is 2.22. The van der Waals surface area contributed by atoms with Crippen molar-refractivity contribution in [2.45, 2.75) is 13.0 Å². The van der Waals surface area contributed by atoms with E-state index >= 15 is 0 Å². The summed E-state index contributed by atoms with van der Waals surface area (Å²) in [5, 5.41) is 6.92. The third-order valence-corrected chi connectivity index (χ3v) is 6.10. The topological polar surface area (TPSA) is 61.4 Å². The van der Waals surface area contributed by atoms with E-state index in [0.29, 0.717) is 11.6 Å². The Labute approximate surface area is 173 Å². The van der Waals surface area contributed by atoms with E-state index < -0.39 is 0 Å². The zero-order valence-corrected chi connectivity index (χ0v) is 17.2. The van der Waals surface area contributed by atoms with Gasteiger partial charge in [0.2, 0.25) is 5.91 Å². The highest BCUT2D eigenvalue weighted by Crippen LogP contribution is 2.27. The maximum absolute atomic E-state index is 12.4. The summed E-state index contributed by atoms with van der Waals surface area (Å²) in [7, 11) is 0. The molecule has 0 bridgehead atoms. The Kier molecular flexibility index (Phi) is 5.75. The van der Waals surface area contributed by atoms with E-state index in [1.165, 1.54) is 0 Å². The zero-order chi connectivity index (χ0) is 19.5. The molecule has 1 atom stereocenters. The van der Waals surface area contributed by atoms with Crippen molar-refractivity contribution in [3.8, 4) is 0 Å². The van der Waals surface area contributed by atoms with Crippen LogP contribution in [0.2, 0.25) is 5.02 Å². The lowest BCUT2D eigenvalue weighted by molar-refractivity contribution is -0.123. The number of halogens is 1. The first-order chi connectivity index (χ1) is 13.6. The number of hydrogen-bond donors (Lipinski definition) is 1. The van der Waals surface area contributed by atoms with Gasteiger partial charge in [-0.1, -0.05) is 23.7 Å². The van der Waals surface area contributed by atoms with E-state index in [2.05, 4.69) is 31.2 Å². The van der Waals surface area contributed by atoms with Crippen molar-refractivity contribution < 1.29 is 4.79 Å². The van der Waals surface area contributed by atoms with Gasteiger partial charge in [0.25, 0.3) is 0 Å². The van der Waals surface area contributed by atoms with Crippen LogP contribution in [0.3, 0.4) is 0 Å². The Balaban J connectivity index is 1.30. The summed E-state index contributed by atoms with van der Waals surface area (Å²) in [6.45, 7) is 5.75. The largest absolute Gasteiger partial charge is 0.353 e. The first-order valence-electron chi connectivity index (χ1n) is 9.30. The van der Waals surface area contributed by atoms with Crippen LogP contribution < -0.4 is 10.2 Å². The van der Waals surface area contributed by atoms with Gasteiger partial charge < -0.3 is 10.2 Å². The molecule has 1 aromatic carbocycles. The minimum absolute atomic E-state index is 0.0400. The molecule has 28 heavy (non-hydrogen) atoms. The van der Waals surface area contributed by atoms with Gasteiger partial charge in [0.15, 0.2) is 0 Å². The molecule has 146 valence electrons. The first-order valence-corrected chi connectivity index (χ1v) is 10.6. The molecule has 6 nitrogen and oxygen atoms in total. The fraction of sp³-hybridized carbons (Fsp3) is 0.350. The van der Waals surface area contributed by atoms with Crippen molar-refractivity contribution in [2.75, 3.05) is 37.6 Å². The van der Waals surface area contributed by atoms with E-state index in [0.717, 1.165) is 47.8 Å². The Morgan fingerprint density at radius 1 is 1.18 bits per heavy atom. The number of benzene rings is 1. The molecule has 1 unspecified atom stereocenters. The fourth-order valence-electron chi connectivity index (χ4n) is 3.47. The van der Waals surface area contributed by atoms with Crippen molar-refractivity contribution in [3.05, 3.63) is 52.6 Å². The van der Waals surface area contributed by atoms with Crippen molar-refractivity contribution in [1.82, 2.24) is 20.2 Å². The molecule has 1 aliphatic heterocycles. The summed E-state index contributed by atoms with van der Waals surface area (Å²) < 4.78 is 0. The zero-order valence-electron chi connectivity index (χ0n) is 15.6. The summed E-state index contributed by atoms with van der Waals surface area (Å²) in [6.07, 6.45) is 1.63. The molecule has 1 amide bonds. The summed E-state index contributed by atoms with van der Waals surface area (Å²) in [6, 6.07) is 9.61. The monoisotopic (exact) mass is 415 g/mol. The number of carbonyl (C=O) groups is 1. The van der Waals surface area contributed by atoms with Crippen molar-refractivity contribution in [3.63, 3.8) is 0 Å². The van der Waals surface area contributed by atoms with Gasteiger partial charge in [-0.2, -0.15) is 0 Å². The first kappa shape index (κ1) is 19.1. The number of amides is 1. The number of piperazine rings is 1. The molecule has 0 spiro atoms. The Hall–Kier alpha value is -2.22. The lowest BCUT2D eigenvalue weighted by Crippen LogP contribution is -2.50. The molecular formula is C20H22ClN5OS. The lowest BCUT2D eigenvalue weighted by Gasteiger charge is -2.35. The van der Waals surface area contributed by atoms with E-state index in [9.17, 15) is 4.79 Å². The number of aromatic nitrogens is 2. The second-order valence-electron chi connectivity index (χ2n) is 6.94. The van der Waals surface area contributed by atoms with E-state index in [4.69, 9.17) is 11.6 Å². The van der Waals surface area contributed by atoms with Crippen LogP contribution in [0, 0.1) is 0 Å². The van der Waals surface area contributed by atoms with Crippen LogP contribution in [0.5, 0.6) is 0 Å². The number of nitrogens with one attached hydrogen (secondary N) is 1. The number of anilines is 1. The molecule has 3 heterocycles. The number of carbonyl (C=O) groups excluding carboxylic acids is 1. The molecule has 0 saturated carbocycles. The van der Waals surface area contributed by atoms with Crippen LogP contribution in [0.15, 0.2) is 42.0 Å². The number of hydrogen-bond acceptors (Lipinski definition) is 6. The standard InChI is InChI=1S/C20H22ClN5OS/c1-14(15-2-4-16(21)5-3-15)24-18(27)12-25-7-9-26(10-8-25)19-17-6-11-28-20(17)23-13-22-19/h2-6,11,13-14H,7-10,12H2,1H3,(H,24,27). The lowest BCUT2D eigenvalue weighted by atomic mass is 10.1. The van der Waals surface area contributed by atoms with Crippen LogP contribution in [-0.2, 0) is 4.79 Å². The maximum atomic E-state index is 12.4. The average molecular weight is 416 g/mol. The summed E-state index contributed by atoms with van der Waals surface area (Å²) in [5.41, 5.74) is 1.05. The van der Waals surface area contributed by atoms with Crippen molar-refractivity contribution in [1.29, 1.82) is 0 Å². The van der Waals surface area contributed by atoms with Gasteiger partial charge in [-0.05, 0) is 36.1 Å². The smallest absolute Gasteiger partial charge is 0.234 e. The number of thiophene rings is 1. The van der Waals surface area contributed by atoms with Crippen LogP contribution in [0.4, 0.5) is 5.82 Å². The molecule has 1 aliphatic rings. The van der Waals surface area contributed by atoms with Gasteiger partial charge >= 0.3 is 0 Å². The predicted molar refractivity (Wildman–Crippen MR) is 114 cm³/mol. The number of rotatable bonds is 5. The Morgan fingerprint density at radius 2 is 1.93 bits per heavy atom. The van der Waals surface area contributed by atoms with Crippen molar-refractivity contribution in [2.24, 2.45) is 0 Å². The molecule has 1 fully saturated rings. The van der Waals surface area contributed by atoms with E-state index in [1.807, 2.05) is 36.6 Å². The molecular weight excluding hydrogens is 394 g/mol. The minimum atomic E-state index is -0.0426. The Morgan fingerprint density at radius 3 is 2.68 bits per heavy atom.